The lowest BCUT2D eigenvalue weighted by molar-refractivity contribution is 0.0952. The maximum Gasteiger partial charge on any atom is 0.252 e. The monoisotopic (exact) mass is 476 g/mol. The van der Waals surface area contributed by atoms with E-state index in [1.807, 2.05) is 35.1 Å². The molecule has 1 amide bonds. The van der Waals surface area contributed by atoms with E-state index in [0.717, 1.165) is 59.3 Å². The van der Waals surface area contributed by atoms with E-state index in [1.54, 1.807) is 17.5 Å². The molecular formula is C25H28N6O2S. The van der Waals surface area contributed by atoms with E-state index < -0.39 is 0 Å². The van der Waals surface area contributed by atoms with Gasteiger partial charge < -0.3 is 15.0 Å². The summed E-state index contributed by atoms with van der Waals surface area (Å²) in [6.07, 6.45) is 3.56. The van der Waals surface area contributed by atoms with Crippen LogP contribution in [0.5, 0.6) is 0 Å². The van der Waals surface area contributed by atoms with E-state index in [0.29, 0.717) is 12.1 Å². The predicted molar refractivity (Wildman–Crippen MR) is 134 cm³/mol. The van der Waals surface area contributed by atoms with Gasteiger partial charge in [-0.3, -0.25) is 4.79 Å². The molecule has 0 atom stereocenters. The summed E-state index contributed by atoms with van der Waals surface area (Å²) in [7, 11) is 0. The van der Waals surface area contributed by atoms with Crippen molar-refractivity contribution in [3.63, 3.8) is 0 Å². The second-order valence-corrected chi connectivity index (χ2v) is 9.98. The number of amides is 1. The Morgan fingerprint density at radius 3 is 2.68 bits per heavy atom. The average molecular weight is 477 g/mol. The Bertz CT molecular complexity index is 1300. The highest BCUT2D eigenvalue weighted by molar-refractivity contribution is 7.15. The summed E-state index contributed by atoms with van der Waals surface area (Å²) in [5.74, 6) is 0.786. The zero-order chi connectivity index (χ0) is 23.7. The number of aryl methyl sites for hydroxylation is 1. The number of hydrogen-bond donors (Lipinski definition) is 1. The SMILES string of the molecule is Cc1ccc(-c2cc(C(=O)NCc3ccc(N4CCOCC4)nc3)c3cnn(C(C)C)c3n2)s1. The van der Waals surface area contributed by atoms with Crippen LogP contribution in [0.25, 0.3) is 21.6 Å². The second kappa shape index (κ2) is 9.52. The number of fused-ring (bicyclic) bond motifs is 1. The molecule has 34 heavy (non-hydrogen) atoms. The van der Waals surface area contributed by atoms with E-state index in [1.165, 1.54) is 4.88 Å². The van der Waals surface area contributed by atoms with Crippen LogP contribution in [0.15, 0.2) is 42.7 Å². The van der Waals surface area contributed by atoms with Gasteiger partial charge in [-0.05, 0) is 50.6 Å². The number of nitrogens with one attached hydrogen (secondary N) is 1. The molecule has 0 bridgehead atoms. The van der Waals surface area contributed by atoms with Crippen LogP contribution in [0.4, 0.5) is 5.82 Å². The third kappa shape index (κ3) is 4.53. The van der Waals surface area contributed by atoms with Crippen LogP contribution >= 0.6 is 11.3 Å². The van der Waals surface area contributed by atoms with Crippen LogP contribution in [-0.4, -0.2) is 52.0 Å². The first-order valence-electron chi connectivity index (χ1n) is 11.5. The number of thiophene rings is 1. The molecule has 0 unspecified atom stereocenters. The number of aromatic nitrogens is 4. The lowest BCUT2D eigenvalue weighted by Gasteiger charge is -2.27. The highest BCUT2D eigenvalue weighted by Crippen LogP contribution is 2.30. The minimum absolute atomic E-state index is 0.136. The summed E-state index contributed by atoms with van der Waals surface area (Å²) in [6, 6.07) is 10.1. The van der Waals surface area contributed by atoms with Gasteiger partial charge in [0.1, 0.15) is 5.82 Å². The van der Waals surface area contributed by atoms with Gasteiger partial charge in [-0.25, -0.2) is 14.6 Å². The molecule has 1 aliphatic heterocycles. The lowest BCUT2D eigenvalue weighted by Crippen LogP contribution is -2.36. The number of morpholine rings is 1. The van der Waals surface area contributed by atoms with Gasteiger partial charge in [0, 0.05) is 36.8 Å². The summed E-state index contributed by atoms with van der Waals surface area (Å²) in [4.78, 5) is 27.2. The van der Waals surface area contributed by atoms with Gasteiger partial charge in [-0.15, -0.1) is 11.3 Å². The minimum atomic E-state index is -0.150. The fraction of sp³-hybridized carbons (Fsp3) is 0.360. The van der Waals surface area contributed by atoms with Gasteiger partial charge in [-0.2, -0.15) is 5.10 Å². The van der Waals surface area contributed by atoms with Crippen molar-refractivity contribution in [3.8, 4) is 10.6 Å². The van der Waals surface area contributed by atoms with E-state index in [4.69, 9.17) is 9.72 Å². The number of anilines is 1. The Balaban J connectivity index is 1.39. The summed E-state index contributed by atoms with van der Waals surface area (Å²) in [6.45, 7) is 9.71. The number of rotatable bonds is 6. The predicted octanol–water partition coefficient (Wildman–Crippen LogP) is 4.21. The zero-order valence-electron chi connectivity index (χ0n) is 19.6. The van der Waals surface area contributed by atoms with Gasteiger partial charge in [0.2, 0.25) is 0 Å². The van der Waals surface area contributed by atoms with E-state index in [2.05, 4.69) is 47.1 Å². The molecule has 4 aromatic rings. The van der Waals surface area contributed by atoms with Crippen molar-refractivity contribution in [3.05, 3.63) is 58.7 Å². The van der Waals surface area contributed by atoms with Crippen molar-refractivity contribution >= 4 is 34.1 Å². The molecule has 1 fully saturated rings. The molecule has 0 aliphatic carbocycles. The molecule has 1 aliphatic rings. The van der Waals surface area contributed by atoms with Crippen LogP contribution in [0.3, 0.4) is 0 Å². The smallest absolute Gasteiger partial charge is 0.252 e. The lowest BCUT2D eigenvalue weighted by atomic mass is 10.1. The van der Waals surface area contributed by atoms with Gasteiger partial charge in [0.25, 0.3) is 5.91 Å². The first-order chi connectivity index (χ1) is 16.5. The van der Waals surface area contributed by atoms with Crippen LogP contribution < -0.4 is 10.2 Å². The quantitative estimate of drug-likeness (QED) is 0.449. The first kappa shape index (κ1) is 22.5. The summed E-state index contributed by atoms with van der Waals surface area (Å²) >= 11 is 1.67. The molecule has 9 heteroatoms. The number of pyridine rings is 2. The number of carbonyl (C=O) groups is 1. The molecule has 176 valence electrons. The van der Waals surface area contributed by atoms with Crippen molar-refractivity contribution in [2.24, 2.45) is 0 Å². The largest absolute Gasteiger partial charge is 0.378 e. The van der Waals surface area contributed by atoms with Crippen molar-refractivity contribution in [2.75, 3.05) is 31.2 Å². The molecule has 1 N–H and O–H groups in total. The summed E-state index contributed by atoms with van der Waals surface area (Å²) in [5.41, 5.74) is 3.04. The van der Waals surface area contributed by atoms with Crippen LogP contribution in [0.1, 0.15) is 40.7 Å². The van der Waals surface area contributed by atoms with Crippen LogP contribution in [-0.2, 0) is 11.3 Å². The molecule has 0 spiro atoms. The maximum absolute atomic E-state index is 13.3. The second-order valence-electron chi connectivity index (χ2n) is 8.69. The van der Waals surface area contributed by atoms with Crippen molar-refractivity contribution in [1.29, 1.82) is 0 Å². The van der Waals surface area contributed by atoms with Crippen molar-refractivity contribution < 1.29 is 9.53 Å². The number of nitrogens with zero attached hydrogens (tertiary/aromatic N) is 5. The highest BCUT2D eigenvalue weighted by atomic mass is 32.1. The van der Waals surface area contributed by atoms with E-state index >= 15 is 0 Å². The van der Waals surface area contributed by atoms with E-state index in [9.17, 15) is 4.79 Å². The molecule has 5 heterocycles. The molecule has 4 aromatic heterocycles. The minimum Gasteiger partial charge on any atom is -0.378 e. The normalized spacial score (nSPS) is 14.2. The number of carbonyl (C=O) groups excluding carboxylic acids is 1. The Kier molecular flexibility index (Phi) is 6.30. The Morgan fingerprint density at radius 1 is 1.18 bits per heavy atom. The fourth-order valence-electron chi connectivity index (χ4n) is 4.06. The van der Waals surface area contributed by atoms with E-state index in [-0.39, 0.29) is 11.9 Å². The standard InChI is InChI=1S/C25H28N6O2S/c1-16(2)31-24-20(15-28-31)19(12-21(29-24)22-6-4-17(3)34-22)25(32)27-14-18-5-7-23(26-13-18)30-8-10-33-11-9-30/h4-7,12-13,15-16H,8-11,14H2,1-3H3,(H,27,32). The molecule has 5 rings (SSSR count). The zero-order valence-corrected chi connectivity index (χ0v) is 20.4. The molecule has 8 nitrogen and oxygen atoms in total. The molecular weight excluding hydrogens is 448 g/mol. The van der Waals surface area contributed by atoms with Crippen LogP contribution in [0, 0.1) is 6.92 Å². The molecule has 1 saturated heterocycles. The van der Waals surface area contributed by atoms with Crippen molar-refractivity contribution in [2.45, 2.75) is 33.4 Å². The molecule has 0 radical (unpaired) electrons. The highest BCUT2D eigenvalue weighted by Gasteiger charge is 2.19. The van der Waals surface area contributed by atoms with Gasteiger partial charge in [0.15, 0.2) is 5.65 Å². The summed E-state index contributed by atoms with van der Waals surface area (Å²) < 4.78 is 7.27. The van der Waals surface area contributed by atoms with Gasteiger partial charge in [0.05, 0.1) is 40.9 Å². The Hall–Kier alpha value is -3.30. The number of hydrogen-bond acceptors (Lipinski definition) is 7. The number of ether oxygens (including phenoxy) is 1. The summed E-state index contributed by atoms with van der Waals surface area (Å²) in [5, 5.41) is 8.31. The van der Waals surface area contributed by atoms with Gasteiger partial charge in [-0.1, -0.05) is 6.07 Å². The molecule has 0 aromatic carbocycles. The fourth-order valence-corrected chi connectivity index (χ4v) is 4.89. The van der Waals surface area contributed by atoms with Gasteiger partial charge >= 0.3 is 0 Å². The maximum atomic E-state index is 13.3. The van der Waals surface area contributed by atoms with Crippen LogP contribution in [0.2, 0.25) is 0 Å². The van der Waals surface area contributed by atoms with Crippen molar-refractivity contribution in [1.82, 2.24) is 25.1 Å². The average Bonchev–Trinajstić information content (AvgIpc) is 3.49. The molecule has 0 saturated carbocycles. The first-order valence-corrected chi connectivity index (χ1v) is 12.3. The third-order valence-electron chi connectivity index (χ3n) is 5.89. The Labute approximate surface area is 202 Å². The third-order valence-corrected chi connectivity index (χ3v) is 6.91. The topological polar surface area (TPSA) is 85.2 Å². The Morgan fingerprint density at radius 2 is 2.00 bits per heavy atom.